The first-order valence-electron chi connectivity index (χ1n) is 6.24. The highest BCUT2D eigenvalue weighted by atomic mass is 79.9. The zero-order valence-electron chi connectivity index (χ0n) is 9.62. The van der Waals surface area contributed by atoms with E-state index in [1.54, 1.807) is 11.3 Å². The van der Waals surface area contributed by atoms with Gasteiger partial charge in [-0.1, -0.05) is 32.1 Å². The molecule has 0 saturated heterocycles. The summed E-state index contributed by atoms with van der Waals surface area (Å²) in [6.45, 7) is 0. The summed E-state index contributed by atoms with van der Waals surface area (Å²) in [6, 6.07) is 0.225. The van der Waals surface area contributed by atoms with E-state index >= 15 is 0 Å². The fourth-order valence-corrected chi connectivity index (χ4v) is 4.26. The predicted octanol–water partition coefficient (Wildman–Crippen LogP) is 4.87. The molecule has 1 atom stereocenters. The topological polar surface area (TPSA) is 26.0 Å². The van der Waals surface area contributed by atoms with Gasteiger partial charge >= 0.3 is 0 Å². The highest BCUT2D eigenvalue weighted by Gasteiger charge is 2.16. The van der Waals surface area contributed by atoms with Crippen LogP contribution in [0.25, 0.3) is 0 Å². The molecule has 0 radical (unpaired) electrons. The molecule has 0 aromatic carbocycles. The first-order valence-corrected chi connectivity index (χ1v) is 7.98. The van der Waals surface area contributed by atoms with Crippen LogP contribution in [0, 0.1) is 5.92 Å². The smallest absolute Gasteiger partial charge is 0.0330 e. The van der Waals surface area contributed by atoms with Crippen molar-refractivity contribution in [2.75, 3.05) is 0 Å². The largest absolute Gasteiger partial charge is 0.324 e. The molecule has 16 heavy (non-hydrogen) atoms. The van der Waals surface area contributed by atoms with Gasteiger partial charge in [0.1, 0.15) is 0 Å². The Morgan fingerprint density at radius 3 is 2.69 bits per heavy atom. The second-order valence-corrected chi connectivity index (χ2v) is 6.46. The van der Waals surface area contributed by atoms with Gasteiger partial charge in [-0.3, -0.25) is 0 Å². The minimum atomic E-state index is 0.225. The Morgan fingerprint density at radius 2 is 2.06 bits per heavy atom. The molecule has 1 heterocycles. The van der Waals surface area contributed by atoms with Crippen LogP contribution in [0.15, 0.2) is 15.2 Å². The lowest BCUT2D eigenvalue weighted by Crippen LogP contribution is -2.13. The summed E-state index contributed by atoms with van der Waals surface area (Å²) in [5, 5.41) is 4.30. The van der Waals surface area contributed by atoms with Crippen molar-refractivity contribution in [3.8, 4) is 0 Å². The van der Waals surface area contributed by atoms with Crippen LogP contribution in [0.2, 0.25) is 0 Å². The lowest BCUT2D eigenvalue weighted by atomic mass is 9.85. The van der Waals surface area contributed by atoms with E-state index in [0.717, 1.165) is 12.3 Å². The summed E-state index contributed by atoms with van der Waals surface area (Å²) < 4.78 is 1.19. The van der Waals surface area contributed by atoms with Gasteiger partial charge in [0.25, 0.3) is 0 Å². The Morgan fingerprint density at radius 1 is 1.31 bits per heavy atom. The van der Waals surface area contributed by atoms with Crippen LogP contribution in [0.5, 0.6) is 0 Å². The molecule has 0 aliphatic heterocycles. The van der Waals surface area contributed by atoms with Crippen LogP contribution in [0.4, 0.5) is 0 Å². The van der Waals surface area contributed by atoms with Gasteiger partial charge in [-0.25, -0.2) is 0 Å². The van der Waals surface area contributed by atoms with Gasteiger partial charge in [0.05, 0.1) is 0 Å². The highest BCUT2D eigenvalue weighted by Crippen LogP contribution is 2.32. The third-order valence-electron chi connectivity index (χ3n) is 3.65. The summed E-state index contributed by atoms with van der Waals surface area (Å²) in [7, 11) is 0. The summed E-state index contributed by atoms with van der Waals surface area (Å²) in [4.78, 5) is 0. The average Bonchev–Trinajstić information content (AvgIpc) is 2.74. The van der Waals surface area contributed by atoms with Crippen LogP contribution >= 0.6 is 27.3 Å². The van der Waals surface area contributed by atoms with Crippen LogP contribution in [-0.2, 0) is 0 Å². The molecule has 3 heteroatoms. The molecule has 0 bridgehead atoms. The number of halogens is 1. The fraction of sp³-hybridized carbons (Fsp3) is 0.692. The van der Waals surface area contributed by atoms with Gasteiger partial charge in [0.15, 0.2) is 0 Å². The van der Waals surface area contributed by atoms with Gasteiger partial charge in [-0.2, -0.15) is 11.3 Å². The standard InChI is InChI=1S/C13H20BrNS/c14-12-9-16-8-11(12)13(15)7-6-10-4-2-1-3-5-10/h8-10,13H,1-7,15H2. The van der Waals surface area contributed by atoms with Crippen LogP contribution in [0.3, 0.4) is 0 Å². The molecule has 0 amide bonds. The quantitative estimate of drug-likeness (QED) is 0.843. The molecular weight excluding hydrogens is 282 g/mol. The van der Waals surface area contributed by atoms with Crippen molar-refractivity contribution in [3.63, 3.8) is 0 Å². The van der Waals surface area contributed by atoms with Crippen molar-refractivity contribution in [1.29, 1.82) is 0 Å². The first-order chi connectivity index (χ1) is 7.77. The zero-order chi connectivity index (χ0) is 11.4. The minimum absolute atomic E-state index is 0.225. The molecule has 1 aromatic heterocycles. The van der Waals surface area contributed by atoms with Crippen LogP contribution < -0.4 is 5.73 Å². The molecule has 1 aromatic rings. The molecular formula is C13H20BrNS. The summed E-state index contributed by atoms with van der Waals surface area (Å²) >= 11 is 5.29. The molecule has 90 valence electrons. The third-order valence-corrected chi connectivity index (χ3v) is 5.40. The van der Waals surface area contributed by atoms with E-state index in [-0.39, 0.29) is 6.04 Å². The first kappa shape index (κ1) is 12.6. The highest BCUT2D eigenvalue weighted by molar-refractivity contribution is 9.10. The maximum atomic E-state index is 6.23. The Bertz CT molecular complexity index is 317. The minimum Gasteiger partial charge on any atom is -0.324 e. The van der Waals surface area contributed by atoms with E-state index in [4.69, 9.17) is 5.73 Å². The Labute approximate surface area is 111 Å². The fourth-order valence-electron chi connectivity index (χ4n) is 2.60. The van der Waals surface area contributed by atoms with Gasteiger partial charge < -0.3 is 5.73 Å². The second-order valence-electron chi connectivity index (χ2n) is 4.86. The maximum Gasteiger partial charge on any atom is 0.0330 e. The molecule has 1 unspecified atom stereocenters. The maximum absolute atomic E-state index is 6.23. The van der Waals surface area contributed by atoms with Crippen LogP contribution in [-0.4, -0.2) is 0 Å². The predicted molar refractivity (Wildman–Crippen MR) is 74.8 cm³/mol. The van der Waals surface area contributed by atoms with Gasteiger partial charge in [0, 0.05) is 15.9 Å². The molecule has 1 aliphatic carbocycles. The second kappa shape index (κ2) is 6.18. The van der Waals surface area contributed by atoms with E-state index in [1.165, 1.54) is 48.6 Å². The van der Waals surface area contributed by atoms with E-state index in [0.29, 0.717) is 0 Å². The van der Waals surface area contributed by atoms with Crippen molar-refractivity contribution in [2.24, 2.45) is 11.7 Å². The van der Waals surface area contributed by atoms with Crippen molar-refractivity contribution in [2.45, 2.75) is 51.0 Å². The van der Waals surface area contributed by atoms with E-state index in [9.17, 15) is 0 Å². The lowest BCUT2D eigenvalue weighted by Gasteiger charge is -2.22. The van der Waals surface area contributed by atoms with Crippen molar-refractivity contribution in [1.82, 2.24) is 0 Å². The molecule has 1 aliphatic rings. The number of thiophene rings is 1. The third kappa shape index (κ3) is 3.31. The Balaban J connectivity index is 1.79. The number of nitrogens with two attached hydrogens (primary N) is 1. The van der Waals surface area contributed by atoms with Gasteiger partial charge in [-0.15, -0.1) is 0 Å². The van der Waals surface area contributed by atoms with Gasteiger partial charge in [0.2, 0.25) is 0 Å². The molecule has 1 nitrogen and oxygen atoms in total. The number of hydrogen-bond donors (Lipinski definition) is 1. The van der Waals surface area contributed by atoms with E-state index < -0.39 is 0 Å². The van der Waals surface area contributed by atoms with Crippen molar-refractivity contribution >= 4 is 27.3 Å². The normalized spacial score (nSPS) is 19.9. The molecule has 0 spiro atoms. The molecule has 1 fully saturated rings. The lowest BCUT2D eigenvalue weighted by molar-refractivity contribution is 0.324. The number of hydrogen-bond acceptors (Lipinski definition) is 2. The van der Waals surface area contributed by atoms with E-state index in [2.05, 4.69) is 26.7 Å². The molecule has 2 N–H and O–H groups in total. The summed E-state index contributed by atoms with van der Waals surface area (Å²) in [5.74, 6) is 0.942. The summed E-state index contributed by atoms with van der Waals surface area (Å²) in [6.07, 6.45) is 9.61. The zero-order valence-corrected chi connectivity index (χ0v) is 12.0. The monoisotopic (exact) mass is 301 g/mol. The molecule has 1 saturated carbocycles. The van der Waals surface area contributed by atoms with Crippen molar-refractivity contribution < 1.29 is 0 Å². The summed E-state index contributed by atoms with van der Waals surface area (Å²) in [5.41, 5.74) is 7.53. The Hall–Kier alpha value is 0.140. The van der Waals surface area contributed by atoms with E-state index in [1.807, 2.05) is 0 Å². The van der Waals surface area contributed by atoms with Gasteiger partial charge in [-0.05, 0) is 45.6 Å². The number of rotatable bonds is 4. The van der Waals surface area contributed by atoms with Crippen LogP contribution in [0.1, 0.15) is 56.6 Å². The Kier molecular flexibility index (Phi) is 4.86. The SMILES string of the molecule is NC(CCC1CCCCC1)c1cscc1Br. The molecule has 2 rings (SSSR count). The van der Waals surface area contributed by atoms with Crippen molar-refractivity contribution in [3.05, 3.63) is 20.8 Å². The average molecular weight is 302 g/mol.